The van der Waals surface area contributed by atoms with Gasteiger partial charge in [-0.3, -0.25) is 0 Å². The van der Waals surface area contributed by atoms with Crippen molar-refractivity contribution in [1.82, 2.24) is 0 Å². The van der Waals surface area contributed by atoms with Crippen LogP contribution in [0.4, 0.5) is 0 Å². The predicted octanol–water partition coefficient (Wildman–Crippen LogP) is 3.39. The number of rotatable bonds is 3. The van der Waals surface area contributed by atoms with Gasteiger partial charge >= 0.3 is 0 Å². The van der Waals surface area contributed by atoms with Crippen molar-refractivity contribution in [1.29, 1.82) is 0 Å². The van der Waals surface area contributed by atoms with E-state index < -0.39 is 9.84 Å². The van der Waals surface area contributed by atoms with E-state index in [0.717, 1.165) is 0 Å². The molecule has 3 aromatic rings. The summed E-state index contributed by atoms with van der Waals surface area (Å²) < 4.78 is 30.7. The van der Waals surface area contributed by atoms with Gasteiger partial charge in [0.15, 0.2) is 11.5 Å². The molecule has 3 aromatic carbocycles. The Morgan fingerprint density at radius 2 is 1.59 bits per heavy atom. The van der Waals surface area contributed by atoms with Gasteiger partial charge in [0.25, 0.3) is 0 Å². The van der Waals surface area contributed by atoms with Crippen molar-refractivity contribution < 1.29 is 18.3 Å². The number of aromatic hydroxyl groups is 1. The van der Waals surface area contributed by atoms with Crippen LogP contribution in [0, 0.1) is 0 Å². The minimum absolute atomic E-state index is 0.127. The lowest BCUT2D eigenvalue weighted by Crippen LogP contribution is -2.03. The molecule has 0 atom stereocenters. The zero-order chi connectivity index (χ0) is 15.7. The molecule has 0 aliphatic heterocycles. The lowest BCUT2D eigenvalue weighted by Gasteiger charge is -2.13. The van der Waals surface area contributed by atoms with Crippen LogP contribution in [0.2, 0.25) is 0 Å². The van der Waals surface area contributed by atoms with Crippen molar-refractivity contribution in [3.05, 3.63) is 60.7 Å². The third-order valence-electron chi connectivity index (χ3n) is 3.49. The SMILES string of the molecule is COc1c(O)c(S(=O)(=O)c2ccccc2)cc2ccccc12. The molecule has 0 radical (unpaired) electrons. The average molecular weight is 314 g/mol. The fourth-order valence-electron chi connectivity index (χ4n) is 2.42. The molecule has 3 rings (SSSR count). The van der Waals surface area contributed by atoms with E-state index in [1.165, 1.54) is 25.3 Å². The second kappa shape index (κ2) is 5.35. The molecular weight excluding hydrogens is 300 g/mol. The number of methoxy groups -OCH3 is 1. The van der Waals surface area contributed by atoms with E-state index in [-0.39, 0.29) is 21.3 Å². The van der Waals surface area contributed by atoms with Gasteiger partial charge in [-0.15, -0.1) is 0 Å². The summed E-state index contributed by atoms with van der Waals surface area (Å²) in [4.78, 5) is -0.0307. The highest BCUT2D eigenvalue weighted by Gasteiger charge is 2.25. The van der Waals surface area contributed by atoms with Gasteiger partial charge in [0.05, 0.1) is 12.0 Å². The van der Waals surface area contributed by atoms with Crippen LogP contribution < -0.4 is 4.74 Å². The Kier molecular flexibility index (Phi) is 3.50. The second-order valence-electron chi connectivity index (χ2n) is 4.79. The van der Waals surface area contributed by atoms with E-state index in [1.54, 1.807) is 42.5 Å². The van der Waals surface area contributed by atoms with Crippen molar-refractivity contribution in [2.75, 3.05) is 7.11 Å². The number of ether oxygens (including phenoxy) is 1. The Morgan fingerprint density at radius 3 is 2.27 bits per heavy atom. The maximum Gasteiger partial charge on any atom is 0.210 e. The second-order valence-corrected chi connectivity index (χ2v) is 6.71. The number of hydrogen-bond acceptors (Lipinski definition) is 4. The molecule has 22 heavy (non-hydrogen) atoms. The molecule has 0 aliphatic rings. The first-order chi connectivity index (χ1) is 10.6. The number of sulfone groups is 1. The number of phenolic OH excluding ortho intramolecular Hbond substituents is 1. The van der Waals surface area contributed by atoms with Crippen molar-refractivity contribution >= 4 is 20.6 Å². The molecule has 0 unspecified atom stereocenters. The van der Waals surface area contributed by atoms with E-state index in [0.29, 0.717) is 10.8 Å². The number of phenols is 1. The largest absolute Gasteiger partial charge is 0.503 e. The molecule has 0 saturated carbocycles. The summed E-state index contributed by atoms with van der Waals surface area (Å²) in [5, 5.41) is 11.7. The summed E-state index contributed by atoms with van der Waals surface area (Å²) in [7, 11) is -2.42. The van der Waals surface area contributed by atoms with Gasteiger partial charge in [0.1, 0.15) is 4.90 Å². The molecule has 5 heteroatoms. The highest BCUT2D eigenvalue weighted by atomic mass is 32.2. The monoisotopic (exact) mass is 314 g/mol. The van der Waals surface area contributed by atoms with Gasteiger partial charge in [-0.2, -0.15) is 0 Å². The van der Waals surface area contributed by atoms with Crippen molar-refractivity contribution in [3.63, 3.8) is 0 Å². The first kappa shape index (κ1) is 14.4. The Balaban J connectivity index is 2.35. The van der Waals surface area contributed by atoms with Crippen LogP contribution in [-0.2, 0) is 9.84 Å². The van der Waals surface area contributed by atoms with Crippen LogP contribution in [0.5, 0.6) is 11.5 Å². The van der Waals surface area contributed by atoms with E-state index in [2.05, 4.69) is 0 Å². The Labute approximate surface area is 128 Å². The fourth-order valence-corrected chi connectivity index (χ4v) is 3.82. The van der Waals surface area contributed by atoms with Gasteiger partial charge in [-0.05, 0) is 23.6 Å². The van der Waals surface area contributed by atoms with Gasteiger partial charge in [-0.25, -0.2) is 8.42 Å². The van der Waals surface area contributed by atoms with Gasteiger partial charge < -0.3 is 9.84 Å². The van der Waals surface area contributed by atoms with Crippen molar-refractivity contribution in [2.45, 2.75) is 9.79 Å². The van der Waals surface area contributed by atoms with Crippen LogP contribution in [0.3, 0.4) is 0 Å². The topological polar surface area (TPSA) is 63.6 Å². The van der Waals surface area contributed by atoms with Crippen LogP contribution >= 0.6 is 0 Å². The summed E-state index contributed by atoms with van der Waals surface area (Å²) in [5.74, 6) is -0.211. The van der Waals surface area contributed by atoms with Gasteiger partial charge in [0, 0.05) is 5.39 Å². The van der Waals surface area contributed by atoms with Crippen LogP contribution in [-0.4, -0.2) is 20.6 Å². The average Bonchev–Trinajstić information content (AvgIpc) is 2.55. The number of fused-ring (bicyclic) bond motifs is 1. The third kappa shape index (κ3) is 2.19. The maximum absolute atomic E-state index is 12.8. The summed E-state index contributed by atoms with van der Waals surface area (Å²) in [6.07, 6.45) is 0. The molecule has 0 bridgehead atoms. The standard InChI is InChI=1S/C17H14O4S/c1-21-17-14-10-6-5-7-12(14)11-15(16(17)18)22(19,20)13-8-3-2-4-9-13/h2-11,18H,1H3. The van der Waals surface area contributed by atoms with Crippen molar-refractivity contribution in [3.8, 4) is 11.5 Å². The van der Waals surface area contributed by atoms with Gasteiger partial charge in [-0.1, -0.05) is 42.5 Å². The summed E-state index contributed by atoms with van der Waals surface area (Å²) in [5.41, 5.74) is 0. The van der Waals surface area contributed by atoms with Crippen LogP contribution in [0.1, 0.15) is 0 Å². The highest BCUT2D eigenvalue weighted by Crippen LogP contribution is 2.41. The lowest BCUT2D eigenvalue weighted by molar-refractivity contribution is 0.371. The zero-order valence-corrected chi connectivity index (χ0v) is 12.7. The molecule has 0 amide bonds. The molecule has 0 fully saturated rings. The molecule has 4 nitrogen and oxygen atoms in total. The maximum atomic E-state index is 12.8. The Morgan fingerprint density at radius 1 is 0.955 bits per heavy atom. The molecule has 1 N–H and O–H groups in total. The van der Waals surface area contributed by atoms with E-state index in [4.69, 9.17) is 4.74 Å². The van der Waals surface area contributed by atoms with Gasteiger partial charge in [0.2, 0.25) is 9.84 Å². The van der Waals surface area contributed by atoms with E-state index >= 15 is 0 Å². The minimum atomic E-state index is -3.82. The van der Waals surface area contributed by atoms with E-state index in [9.17, 15) is 13.5 Å². The summed E-state index contributed by atoms with van der Waals surface area (Å²) in [6.45, 7) is 0. The minimum Gasteiger partial charge on any atom is -0.503 e. The quantitative estimate of drug-likeness (QED) is 0.805. The van der Waals surface area contributed by atoms with Crippen LogP contribution in [0.15, 0.2) is 70.5 Å². The molecule has 0 spiro atoms. The normalized spacial score (nSPS) is 11.5. The summed E-state index contributed by atoms with van der Waals surface area (Å²) >= 11 is 0. The van der Waals surface area contributed by atoms with E-state index in [1.807, 2.05) is 0 Å². The van der Waals surface area contributed by atoms with Crippen molar-refractivity contribution in [2.24, 2.45) is 0 Å². The third-order valence-corrected chi connectivity index (χ3v) is 5.27. The Hall–Kier alpha value is -2.53. The first-order valence-corrected chi connectivity index (χ1v) is 8.13. The molecule has 112 valence electrons. The number of hydrogen-bond donors (Lipinski definition) is 1. The van der Waals surface area contributed by atoms with Crippen LogP contribution in [0.25, 0.3) is 10.8 Å². The molecular formula is C17H14O4S. The molecule has 0 saturated heterocycles. The highest BCUT2D eigenvalue weighted by molar-refractivity contribution is 7.91. The molecule has 0 heterocycles. The Bertz CT molecular complexity index is 932. The zero-order valence-electron chi connectivity index (χ0n) is 11.9. The summed E-state index contributed by atoms with van der Waals surface area (Å²) in [6, 6.07) is 16.6. The molecule has 0 aliphatic carbocycles. The number of benzene rings is 3. The first-order valence-electron chi connectivity index (χ1n) is 6.64. The fraction of sp³-hybridized carbons (Fsp3) is 0.0588. The predicted molar refractivity (Wildman–Crippen MR) is 84.1 cm³/mol. The molecule has 0 aromatic heterocycles. The smallest absolute Gasteiger partial charge is 0.210 e. The lowest BCUT2D eigenvalue weighted by atomic mass is 10.1.